The molecule has 0 amide bonds. The van der Waals surface area contributed by atoms with Crippen LogP contribution < -0.4 is 5.73 Å². The Morgan fingerprint density at radius 3 is 2.24 bits per heavy atom. The van der Waals surface area contributed by atoms with Gasteiger partial charge in [-0.3, -0.25) is 0 Å². The Morgan fingerprint density at radius 1 is 0.707 bits per heavy atom. The Bertz CT molecular complexity index is 3190. The Labute approximate surface area is 341 Å². The monoisotopic (exact) mass is 765 g/mol. The third kappa shape index (κ3) is 5.65. The van der Waals surface area contributed by atoms with E-state index in [2.05, 4.69) is 194 Å². The summed E-state index contributed by atoms with van der Waals surface area (Å²) in [6.07, 6.45) is 7.57. The molecule has 2 aliphatic rings. The fraction of sp³-hybridized carbons (Fsp3) is 0.0755. The fourth-order valence-electron chi connectivity index (χ4n) is 9.02. The number of rotatable bonds is 7. The van der Waals surface area contributed by atoms with Crippen molar-refractivity contribution in [2.75, 3.05) is 0 Å². The highest BCUT2D eigenvalue weighted by Crippen LogP contribution is 2.55. The standard InChI is InChI=1S/C53H39N3OS/c1-33(39-24-15-26-47-49(39)44-31-37(34-16-5-2-6-17-34)30-43(51(44)57-47)35-18-7-3-8-19-35)52-50(42-23-12-14-27-48(42)58-52)55-53(54)36-28-29-41-40-22-11-13-25-45(40)56(46(41)32-36)38-20-9-4-10-21-38/h2-22,24-33,42H,23H2,1H3,(H2,54,55). The number of hydrogen-bond acceptors (Lipinski definition) is 3. The summed E-state index contributed by atoms with van der Waals surface area (Å²) >= 11 is 1.86. The van der Waals surface area contributed by atoms with Crippen molar-refractivity contribution in [1.29, 1.82) is 0 Å². The van der Waals surface area contributed by atoms with Crippen molar-refractivity contribution >= 4 is 61.3 Å². The normalized spacial score (nSPS) is 16.1. The molecule has 2 unspecified atom stereocenters. The van der Waals surface area contributed by atoms with Crippen molar-refractivity contribution in [3.63, 3.8) is 0 Å². The van der Waals surface area contributed by atoms with Gasteiger partial charge in [-0.05, 0) is 76.0 Å². The number of hydrogen-bond donors (Lipinski definition) is 1. The van der Waals surface area contributed by atoms with Gasteiger partial charge in [0.05, 0.1) is 16.7 Å². The van der Waals surface area contributed by atoms with Gasteiger partial charge in [-0.25, -0.2) is 4.99 Å². The number of nitrogens with two attached hydrogens (primary N) is 1. The van der Waals surface area contributed by atoms with Crippen molar-refractivity contribution in [3.8, 4) is 27.9 Å². The molecule has 2 N–H and O–H groups in total. The number of fused-ring (bicyclic) bond motifs is 7. The molecule has 11 rings (SSSR count). The van der Waals surface area contributed by atoms with Crippen LogP contribution in [0.15, 0.2) is 207 Å². The Hall–Kier alpha value is -6.82. The summed E-state index contributed by atoms with van der Waals surface area (Å²) in [5.41, 5.74) is 20.0. The van der Waals surface area contributed by atoms with Crippen LogP contribution in [0.3, 0.4) is 0 Å². The molecule has 4 nitrogen and oxygen atoms in total. The molecule has 0 bridgehead atoms. The summed E-state index contributed by atoms with van der Waals surface area (Å²) in [4.78, 5) is 7.95. The van der Waals surface area contributed by atoms with Crippen LogP contribution in [0, 0.1) is 5.92 Å². The molecule has 5 heteroatoms. The lowest BCUT2D eigenvalue weighted by atomic mass is 9.89. The summed E-state index contributed by atoms with van der Waals surface area (Å²) < 4.78 is 9.16. The van der Waals surface area contributed by atoms with E-state index < -0.39 is 0 Å². The molecule has 0 radical (unpaired) electrons. The molecular weight excluding hydrogens is 727 g/mol. The first-order valence-corrected chi connectivity index (χ1v) is 20.7. The van der Waals surface area contributed by atoms with Gasteiger partial charge in [-0.15, -0.1) is 0 Å². The lowest BCUT2D eigenvalue weighted by Crippen LogP contribution is -2.15. The van der Waals surface area contributed by atoms with Crippen LogP contribution in [0.25, 0.3) is 71.7 Å². The van der Waals surface area contributed by atoms with Gasteiger partial charge in [-0.1, -0.05) is 158 Å². The van der Waals surface area contributed by atoms with Gasteiger partial charge in [0, 0.05) is 55.1 Å². The lowest BCUT2D eigenvalue weighted by molar-refractivity contribution is 0.669. The first-order valence-electron chi connectivity index (χ1n) is 19.9. The van der Waals surface area contributed by atoms with Crippen LogP contribution >= 0.6 is 11.8 Å². The van der Waals surface area contributed by atoms with E-state index in [1.54, 1.807) is 0 Å². The van der Waals surface area contributed by atoms with E-state index in [0.717, 1.165) is 67.5 Å². The highest BCUT2D eigenvalue weighted by atomic mass is 32.2. The summed E-state index contributed by atoms with van der Waals surface area (Å²) in [6.45, 7) is 2.32. The number of thioether (sulfide) groups is 1. The highest BCUT2D eigenvalue weighted by molar-refractivity contribution is 8.07. The Morgan fingerprint density at radius 2 is 1.43 bits per heavy atom. The van der Waals surface area contributed by atoms with E-state index in [4.69, 9.17) is 15.1 Å². The molecule has 7 aromatic carbocycles. The van der Waals surface area contributed by atoms with Crippen LogP contribution in [-0.4, -0.2) is 10.4 Å². The number of furan rings is 1. The van der Waals surface area contributed by atoms with E-state index in [-0.39, 0.29) is 11.8 Å². The molecule has 2 atom stereocenters. The fourth-order valence-corrected chi connectivity index (χ4v) is 10.4. The maximum Gasteiger partial charge on any atom is 0.143 e. The van der Waals surface area contributed by atoms with E-state index in [1.807, 2.05) is 11.8 Å². The van der Waals surface area contributed by atoms with Crippen LogP contribution in [-0.2, 0) is 0 Å². The Balaban J connectivity index is 1.08. The number of amidine groups is 1. The minimum atomic E-state index is 0.0243. The average molecular weight is 766 g/mol. The van der Waals surface area contributed by atoms with Crippen LogP contribution in [0.4, 0.5) is 0 Å². The smallest absolute Gasteiger partial charge is 0.143 e. The molecule has 58 heavy (non-hydrogen) atoms. The third-order valence-electron chi connectivity index (χ3n) is 11.8. The van der Waals surface area contributed by atoms with Crippen molar-refractivity contribution in [2.24, 2.45) is 16.6 Å². The molecule has 1 aliphatic heterocycles. The van der Waals surface area contributed by atoms with Gasteiger partial charge < -0.3 is 14.7 Å². The molecule has 278 valence electrons. The van der Waals surface area contributed by atoms with Crippen LogP contribution in [0.2, 0.25) is 0 Å². The van der Waals surface area contributed by atoms with E-state index in [0.29, 0.717) is 5.84 Å². The van der Waals surface area contributed by atoms with Gasteiger partial charge in [0.1, 0.15) is 17.0 Å². The lowest BCUT2D eigenvalue weighted by Gasteiger charge is -2.17. The first-order chi connectivity index (χ1) is 28.6. The van der Waals surface area contributed by atoms with Gasteiger partial charge in [-0.2, -0.15) is 0 Å². The predicted molar refractivity (Wildman–Crippen MR) is 244 cm³/mol. The Kier molecular flexibility index (Phi) is 8.30. The molecule has 0 saturated heterocycles. The van der Waals surface area contributed by atoms with Crippen molar-refractivity contribution in [2.45, 2.75) is 19.3 Å². The molecule has 0 spiro atoms. The highest BCUT2D eigenvalue weighted by Gasteiger charge is 2.35. The van der Waals surface area contributed by atoms with E-state index >= 15 is 0 Å². The van der Waals surface area contributed by atoms with Crippen molar-refractivity contribution < 1.29 is 4.42 Å². The second-order valence-electron chi connectivity index (χ2n) is 15.2. The van der Waals surface area contributed by atoms with Gasteiger partial charge in [0.25, 0.3) is 0 Å². The maximum absolute atomic E-state index is 7.11. The molecule has 3 heterocycles. The molecule has 9 aromatic rings. The minimum Gasteiger partial charge on any atom is -0.455 e. The number of benzene rings is 7. The van der Waals surface area contributed by atoms with Gasteiger partial charge in [0.2, 0.25) is 0 Å². The van der Waals surface area contributed by atoms with E-state index in [1.165, 1.54) is 37.2 Å². The number of aromatic nitrogens is 1. The second kappa shape index (κ2) is 14.0. The minimum absolute atomic E-state index is 0.0243. The quantitative estimate of drug-likeness (QED) is 0.130. The zero-order chi connectivity index (χ0) is 38.7. The van der Waals surface area contributed by atoms with E-state index in [9.17, 15) is 0 Å². The zero-order valence-corrected chi connectivity index (χ0v) is 32.8. The molecule has 1 aliphatic carbocycles. The SMILES string of the molecule is CC(C1=C(/N=C(\N)c2ccc3c4ccccc4n(-c4ccccc4)c3c2)C2CC=CC=C2S1)c1cccc2oc3c(-c4ccccc4)cc(-c4ccccc4)cc3c12. The molecule has 2 aromatic heterocycles. The zero-order valence-electron chi connectivity index (χ0n) is 32.0. The predicted octanol–water partition coefficient (Wildman–Crippen LogP) is 13.9. The van der Waals surface area contributed by atoms with Crippen molar-refractivity contribution in [3.05, 3.63) is 209 Å². The largest absolute Gasteiger partial charge is 0.455 e. The van der Waals surface area contributed by atoms with Crippen molar-refractivity contribution in [1.82, 2.24) is 4.57 Å². The number of para-hydroxylation sites is 2. The topological polar surface area (TPSA) is 56.4 Å². The van der Waals surface area contributed by atoms with Gasteiger partial charge in [0.15, 0.2) is 0 Å². The average Bonchev–Trinajstić information content (AvgIpc) is 3.96. The molecule has 0 fully saturated rings. The summed E-state index contributed by atoms with van der Waals surface area (Å²) in [5, 5.41) is 4.66. The number of allylic oxidation sites excluding steroid dienone is 5. The first kappa shape index (κ1) is 34.4. The number of nitrogens with zero attached hydrogens (tertiary/aromatic N) is 2. The second-order valence-corrected chi connectivity index (χ2v) is 16.3. The number of aliphatic imine (C=N–C) groups is 1. The van der Waals surface area contributed by atoms with Crippen LogP contribution in [0.5, 0.6) is 0 Å². The van der Waals surface area contributed by atoms with Gasteiger partial charge >= 0.3 is 0 Å². The summed E-state index contributed by atoms with van der Waals surface area (Å²) in [7, 11) is 0. The maximum atomic E-state index is 7.11. The molecule has 0 saturated carbocycles. The molecular formula is C53H39N3OS. The van der Waals surface area contributed by atoms with Crippen LogP contribution in [0.1, 0.15) is 30.4 Å². The third-order valence-corrected chi connectivity index (χ3v) is 13.3. The summed E-state index contributed by atoms with van der Waals surface area (Å²) in [6, 6.07) is 57.9. The summed E-state index contributed by atoms with van der Waals surface area (Å²) in [5.74, 6) is 0.700.